The third-order valence-corrected chi connectivity index (χ3v) is 5.99. The number of aromatic amines is 1. The van der Waals surface area contributed by atoms with Gasteiger partial charge in [0.2, 0.25) is 5.78 Å². The fourth-order valence-electron chi connectivity index (χ4n) is 4.30. The fraction of sp³-hybridized carbons (Fsp3) is 0.348. The van der Waals surface area contributed by atoms with E-state index in [4.69, 9.17) is 0 Å². The highest BCUT2D eigenvalue weighted by atomic mass is 19.1. The second kappa shape index (κ2) is 7.40. The SMILES string of the molecule is Cc1ccc2c(C(=O)[C@@H](C)[NH+]3CCN(c4ccc(F)cc4)CC3)c(C)[nH]c2c1. The van der Waals surface area contributed by atoms with E-state index in [0.717, 1.165) is 54.0 Å². The zero-order valence-corrected chi connectivity index (χ0v) is 16.7. The zero-order chi connectivity index (χ0) is 19.8. The molecule has 1 saturated heterocycles. The van der Waals surface area contributed by atoms with E-state index >= 15 is 0 Å². The summed E-state index contributed by atoms with van der Waals surface area (Å²) >= 11 is 0. The van der Waals surface area contributed by atoms with Crippen LogP contribution in [-0.4, -0.2) is 43.0 Å². The smallest absolute Gasteiger partial charge is 0.222 e. The number of anilines is 1. The van der Waals surface area contributed by atoms with Crippen LogP contribution in [-0.2, 0) is 0 Å². The number of ketones is 1. The Kier molecular flexibility index (Phi) is 4.94. The van der Waals surface area contributed by atoms with Crippen molar-refractivity contribution in [3.05, 3.63) is 65.1 Å². The zero-order valence-electron chi connectivity index (χ0n) is 16.7. The quantitative estimate of drug-likeness (QED) is 0.684. The van der Waals surface area contributed by atoms with Crippen LogP contribution in [0.5, 0.6) is 0 Å². The van der Waals surface area contributed by atoms with Crippen molar-refractivity contribution in [2.75, 3.05) is 31.1 Å². The van der Waals surface area contributed by atoms with E-state index in [1.807, 2.05) is 26.0 Å². The van der Waals surface area contributed by atoms with Gasteiger partial charge in [-0.05, 0) is 56.7 Å². The highest BCUT2D eigenvalue weighted by Gasteiger charge is 2.32. The van der Waals surface area contributed by atoms with Crippen LogP contribution in [0.4, 0.5) is 10.1 Å². The monoisotopic (exact) mass is 380 g/mol. The molecule has 4 rings (SSSR count). The van der Waals surface area contributed by atoms with E-state index in [2.05, 4.69) is 35.0 Å². The summed E-state index contributed by atoms with van der Waals surface area (Å²) in [5.41, 5.74) is 5.03. The van der Waals surface area contributed by atoms with Crippen LogP contribution in [0.25, 0.3) is 10.9 Å². The summed E-state index contributed by atoms with van der Waals surface area (Å²) in [5.74, 6) is -0.00522. The Morgan fingerprint density at radius 2 is 1.79 bits per heavy atom. The Morgan fingerprint density at radius 3 is 2.46 bits per heavy atom. The standard InChI is InChI=1S/C23H26FN3O/c1-15-4-9-20-21(14-15)25-16(2)22(20)23(28)17(3)26-10-12-27(13-11-26)19-7-5-18(24)6-8-19/h4-9,14,17,25H,10-13H2,1-3H3/p+1/t17-/m1/s1. The number of halogens is 1. The van der Waals surface area contributed by atoms with Crippen LogP contribution in [0, 0.1) is 19.7 Å². The molecule has 3 aromatic rings. The van der Waals surface area contributed by atoms with Crippen molar-refractivity contribution in [2.24, 2.45) is 0 Å². The number of rotatable bonds is 4. The van der Waals surface area contributed by atoms with Crippen molar-refractivity contribution in [3.8, 4) is 0 Å². The van der Waals surface area contributed by atoms with Crippen LogP contribution in [0.2, 0.25) is 0 Å². The number of fused-ring (bicyclic) bond motifs is 1. The van der Waals surface area contributed by atoms with Crippen LogP contribution in [0.3, 0.4) is 0 Å². The van der Waals surface area contributed by atoms with Gasteiger partial charge >= 0.3 is 0 Å². The number of nitrogens with zero attached hydrogens (tertiary/aromatic N) is 1. The number of nitrogens with one attached hydrogen (secondary N) is 2. The van der Waals surface area contributed by atoms with E-state index in [1.54, 1.807) is 0 Å². The third-order valence-electron chi connectivity index (χ3n) is 5.99. The minimum atomic E-state index is -0.212. The topological polar surface area (TPSA) is 40.5 Å². The first-order chi connectivity index (χ1) is 13.4. The average Bonchev–Trinajstić information content (AvgIpc) is 3.02. The molecular formula is C23H27FN3O+. The predicted octanol–water partition coefficient (Wildman–Crippen LogP) is 2.90. The molecule has 28 heavy (non-hydrogen) atoms. The molecule has 2 aromatic carbocycles. The van der Waals surface area contributed by atoms with Gasteiger partial charge in [0.1, 0.15) is 11.9 Å². The first-order valence-corrected chi connectivity index (χ1v) is 9.92. The molecule has 0 unspecified atom stereocenters. The second-order valence-electron chi connectivity index (χ2n) is 7.88. The van der Waals surface area contributed by atoms with Crippen LogP contribution in [0.1, 0.15) is 28.5 Å². The summed E-state index contributed by atoms with van der Waals surface area (Å²) in [6.45, 7) is 9.60. The molecule has 0 amide bonds. The van der Waals surface area contributed by atoms with Gasteiger partial charge in [0.05, 0.1) is 31.7 Å². The Bertz CT molecular complexity index is 1000. The van der Waals surface area contributed by atoms with E-state index in [1.165, 1.54) is 22.6 Å². The van der Waals surface area contributed by atoms with Crippen molar-refractivity contribution >= 4 is 22.4 Å². The van der Waals surface area contributed by atoms with Gasteiger partial charge < -0.3 is 14.8 Å². The number of quaternary nitrogens is 1. The van der Waals surface area contributed by atoms with E-state index < -0.39 is 0 Å². The lowest BCUT2D eigenvalue weighted by molar-refractivity contribution is -0.914. The third kappa shape index (κ3) is 3.42. The van der Waals surface area contributed by atoms with E-state index in [0.29, 0.717) is 0 Å². The summed E-state index contributed by atoms with van der Waals surface area (Å²) in [6, 6.07) is 12.8. The number of piperazine rings is 1. The number of hydrogen-bond donors (Lipinski definition) is 2. The highest BCUT2D eigenvalue weighted by molar-refractivity contribution is 6.11. The van der Waals surface area contributed by atoms with Gasteiger partial charge in [0.25, 0.3) is 0 Å². The lowest BCUT2D eigenvalue weighted by Gasteiger charge is -2.36. The minimum absolute atomic E-state index is 0.0885. The lowest BCUT2D eigenvalue weighted by atomic mass is 9.99. The van der Waals surface area contributed by atoms with Gasteiger partial charge in [-0.25, -0.2) is 4.39 Å². The molecule has 2 heterocycles. The first-order valence-electron chi connectivity index (χ1n) is 9.92. The molecule has 1 aliphatic heterocycles. The predicted molar refractivity (Wildman–Crippen MR) is 111 cm³/mol. The number of benzene rings is 2. The maximum atomic E-state index is 13.3. The fourth-order valence-corrected chi connectivity index (χ4v) is 4.30. The van der Waals surface area contributed by atoms with Gasteiger partial charge in [-0.1, -0.05) is 12.1 Å². The molecule has 146 valence electrons. The molecule has 4 nitrogen and oxygen atoms in total. The lowest BCUT2D eigenvalue weighted by Crippen LogP contribution is -3.18. The number of Topliss-reactive ketones (excluding diaryl/α,β-unsaturated/α-hetero) is 1. The van der Waals surface area contributed by atoms with Crippen LogP contribution >= 0.6 is 0 Å². The number of carbonyl (C=O) groups is 1. The normalized spacial score (nSPS) is 16.5. The molecular weight excluding hydrogens is 353 g/mol. The Balaban J connectivity index is 1.48. The molecule has 0 bridgehead atoms. The van der Waals surface area contributed by atoms with Crippen molar-refractivity contribution in [3.63, 3.8) is 0 Å². The van der Waals surface area contributed by atoms with Gasteiger partial charge in [0, 0.05) is 22.3 Å². The molecule has 1 fully saturated rings. The molecule has 0 radical (unpaired) electrons. The summed E-state index contributed by atoms with van der Waals surface area (Å²) < 4.78 is 13.1. The Hall–Kier alpha value is -2.66. The van der Waals surface area contributed by atoms with Crippen molar-refractivity contribution < 1.29 is 14.1 Å². The number of carbonyl (C=O) groups excluding carboxylic acids is 1. The summed E-state index contributed by atoms with van der Waals surface area (Å²) in [4.78, 5) is 20.3. The van der Waals surface area contributed by atoms with Crippen molar-refractivity contribution in [2.45, 2.75) is 26.8 Å². The molecule has 5 heteroatoms. The number of aromatic nitrogens is 1. The van der Waals surface area contributed by atoms with Crippen molar-refractivity contribution in [1.29, 1.82) is 0 Å². The summed E-state index contributed by atoms with van der Waals surface area (Å²) in [5, 5.41) is 1.02. The minimum Gasteiger partial charge on any atom is -0.360 e. The molecule has 0 spiro atoms. The van der Waals surface area contributed by atoms with Crippen LogP contribution in [0.15, 0.2) is 42.5 Å². The van der Waals surface area contributed by atoms with Gasteiger partial charge in [-0.3, -0.25) is 4.79 Å². The van der Waals surface area contributed by atoms with Crippen LogP contribution < -0.4 is 9.80 Å². The summed E-state index contributed by atoms with van der Waals surface area (Å²) in [6.07, 6.45) is 0. The molecule has 0 aliphatic carbocycles. The van der Waals surface area contributed by atoms with Gasteiger partial charge in [-0.15, -0.1) is 0 Å². The Labute approximate surface area is 165 Å². The molecule has 0 saturated carbocycles. The molecule has 2 N–H and O–H groups in total. The van der Waals surface area contributed by atoms with Gasteiger partial charge in [-0.2, -0.15) is 0 Å². The number of H-pyrrole nitrogens is 1. The maximum absolute atomic E-state index is 13.3. The highest BCUT2D eigenvalue weighted by Crippen LogP contribution is 2.24. The number of aryl methyl sites for hydroxylation is 2. The molecule has 1 aliphatic rings. The van der Waals surface area contributed by atoms with E-state index in [-0.39, 0.29) is 17.6 Å². The van der Waals surface area contributed by atoms with Gasteiger partial charge in [0.15, 0.2) is 0 Å². The first kappa shape index (κ1) is 18.7. The summed E-state index contributed by atoms with van der Waals surface area (Å²) in [7, 11) is 0. The number of hydrogen-bond acceptors (Lipinski definition) is 2. The molecule has 1 aromatic heterocycles. The molecule has 1 atom stereocenters. The van der Waals surface area contributed by atoms with Crippen molar-refractivity contribution in [1.82, 2.24) is 4.98 Å². The van der Waals surface area contributed by atoms with E-state index in [9.17, 15) is 9.18 Å². The largest absolute Gasteiger partial charge is 0.360 e. The second-order valence-corrected chi connectivity index (χ2v) is 7.88. The average molecular weight is 380 g/mol. The maximum Gasteiger partial charge on any atom is 0.222 e. The Morgan fingerprint density at radius 1 is 1.11 bits per heavy atom.